The van der Waals surface area contributed by atoms with Crippen molar-refractivity contribution in [2.45, 2.75) is 26.3 Å². The fourth-order valence-corrected chi connectivity index (χ4v) is 2.32. The maximum atomic E-state index is 11.9. The third kappa shape index (κ3) is 3.33. The predicted molar refractivity (Wildman–Crippen MR) is 73.4 cm³/mol. The normalized spacial score (nSPS) is 14.3. The number of nitrogens with zero attached hydrogens (tertiary/aromatic N) is 1. The van der Waals surface area contributed by atoms with Crippen LogP contribution in [0.4, 0.5) is 0 Å². The Morgan fingerprint density at radius 1 is 1.28 bits per heavy atom. The van der Waals surface area contributed by atoms with Gasteiger partial charge in [0, 0.05) is 6.04 Å². The Morgan fingerprint density at radius 2 is 1.83 bits per heavy atom. The van der Waals surface area contributed by atoms with E-state index >= 15 is 0 Å². The molecule has 0 bridgehead atoms. The first-order chi connectivity index (χ1) is 8.51. The zero-order valence-corrected chi connectivity index (χ0v) is 11.9. The van der Waals surface area contributed by atoms with Crippen molar-refractivity contribution in [2.75, 3.05) is 21.2 Å². The Balaban J connectivity index is 3.08. The van der Waals surface area contributed by atoms with Crippen molar-refractivity contribution >= 4 is 5.97 Å². The van der Waals surface area contributed by atoms with Crippen LogP contribution in [0.25, 0.3) is 0 Å². The van der Waals surface area contributed by atoms with Gasteiger partial charge in [-0.1, -0.05) is 36.8 Å². The van der Waals surface area contributed by atoms with Crippen molar-refractivity contribution in [1.29, 1.82) is 0 Å². The van der Waals surface area contributed by atoms with Crippen molar-refractivity contribution in [3.05, 3.63) is 35.4 Å². The molecule has 0 saturated heterocycles. The minimum atomic E-state index is -0.142. The lowest BCUT2D eigenvalue weighted by Crippen LogP contribution is -2.32. The highest BCUT2D eigenvalue weighted by Gasteiger charge is 2.30. The number of carbonyl (C=O) groups is 1. The van der Waals surface area contributed by atoms with Gasteiger partial charge >= 0.3 is 5.97 Å². The number of carbonyl (C=O) groups excluding carboxylic acids is 1. The van der Waals surface area contributed by atoms with Gasteiger partial charge in [0.25, 0.3) is 0 Å². The third-order valence-corrected chi connectivity index (χ3v) is 3.30. The molecule has 2 atom stereocenters. The molecule has 0 aliphatic rings. The highest BCUT2D eigenvalue weighted by molar-refractivity contribution is 5.73. The van der Waals surface area contributed by atoms with Gasteiger partial charge in [-0.05, 0) is 33.0 Å². The van der Waals surface area contributed by atoms with Gasteiger partial charge in [0.1, 0.15) is 0 Å². The molecule has 3 nitrogen and oxygen atoms in total. The number of benzene rings is 1. The Labute approximate surface area is 110 Å². The van der Waals surface area contributed by atoms with E-state index in [0.717, 1.165) is 12.0 Å². The smallest absolute Gasteiger partial charge is 0.310 e. The van der Waals surface area contributed by atoms with E-state index in [2.05, 4.69) is 36.1 Å². The Morgan fingerprint density at radius 3 is 2.22 bits per heavy atom. The number of hydrogen-bond acceptors (Lipinski definition) is 3. The average molecular weight is 249 g/mol. The van der Waals surface area contributed by atoms with E-state index in [0.29, 0.717) is 0 Å². The second kappa shape index (κ2) is 6.55. The van der Waals surface area contributed by atoms with Gasteiger partial charge in [-0.15, -0.1) is 0 Å². The van der Waals surface area contributed by atoms with Gasteiger partial charge < -0.3 is 9.64 Å². The molecule has 2 unspecified atom stereocenters. The lowest BCUT2D eigenvalue weighted by atomic mass is 9.89. The summed E-state index contributed by atoms with van der Waals surface area (Å²) in [5.74, 6) is -0.274. The fraction of sp³-hybridized carbons (Fsp3) is 0.533. The molecule has 1 aromatic carbocycles. The summed E-state index contributed by atoms with van der Waals surface area (Å²) in [6.45, 7) is 4.08. The molecule has 0 spiro atoms. The van der Waals surface area contributed by atoms with Gasteiger partial charge in [0.2, 0.25) is 0 Å². The van der Waals surface area contributed by atoms with Crippen LogP contribution in [0.2, 0.25) is 0 Å². The summed E-state index contributed by atoms with van der Waals surface area (Å²) < 4.78 is 4.91. The minimum absolute atomic E-state index is 0.0584. The van der Waals surface area contributed by atoms with E-state index in [-0.39, 0.29) is 17.9 Å². The van der Waals surface area contributed by atoms with Crippen molar-refractivity contribution in [3.8, 4) is 0 Å². The molecule has 0 saturated carbocycles. The van der Waals surface area contributed by atoms with E-state index in [4.69, 9.17) is 4.74 Å². The van der Waals surface area contributed by atoms with Crippen LogP contribution >= 0.6 is 0 Å². The Kier molecular flexibility index (Phi) is 5.35. The first-order valence-electron chi connectivity index (χ1n) is 6.32. The summed E-state index contributed by atoms with van der Waals surface area (Å²) in [5, 5.41) is 0. The van der Waals surface area contributed by atoms with Crippen molar-refractivity contribution in [1.82, 2.24) is 4.90 Å². The summed E-state index contributed by atoms with van der Waals surface area (Å²) in [4.78, 5) is 14.0. The molecule has 3 heteroatoms. The van der Waals surface area contributed by atoms with Crippen LogP contribution in [0.3, 0.4) is 0 Å². The van der Waals surface area contributed by atoms with Crippen LogP contribution in [0.5, 0.6) is 0 Å². The summed E-state index contributed by atoms with van der Waals surface area (Å²) in [7, 11) is 5.44. The van der Waals surface area contributed by atoms with Gasteiger partial charge in [-0.3, -0.25) is 4.79 Å². The van der Waals surface area contributed by atoms with Gasteiger partial charge in [-0.2, -0.15) is 0 Å². The molecule has 18 heavy (non-hydrogen) atoms. The minimum Gasteiger partial charge on any atom is -0.469 e. The third-order valence-electron chi connectivity index (χ3n) is 3.30. The Bertz CT molecular complexity index is 384. The molecule has 1 rings (SSSR count). The van der Waals surface area contributed by atoms with Gasteiger partial charge in [0.15, 0.2) is 0 Å². The molecule has 0 fully saturated rings. The summed E-state index contributed by atoms with van der Waals surface area (Å²) in [6.07, 6.45) is 0.767. The van der Waals surface area contributed by atoms with Crippen LogP contribution < -0.4 is 0 Å². The van der Waals surface area contributed by atoms with Crippen LogP contribution in [0, 0.1) is 12.8 Å². The van der Waals surface area contributed by atoms with E-state index in [1.54, 1.807) is 0 Å². The molecule has 0 amide bonds. The maximum Gasteiger partial charge on any atom is 0.310 e. The molecule has 0 radical (unpaired) electrons. The molecular formula is C15H23NO2. The average Bonchev–Trinajstić information content (AvgIpc) is 2.36. The number of hydrogen-bond donors (Lipinski definition) is 0. The SMILES string of the molecule is CCC(C(=O)OC)C(c1ccc(C)cc1)N(C)C. The number of ether oxygens (including phenoxy) is 1. The number of methoxy groups -OCH3 is 1. The highest BCUT2D eigenvalue weighted by Crippen LogP contribution is 2.30. The maximum absolute atomic E-state index is 11.9. The van der Waals surface area contributed by atoms with Crippen LogP contribution in [-0.4, -0.2) is 32.1 Å². The molecule has 100 valence electrons. The molecular weight excluding hydrogens is 226 g/mol. The topological polar surface area (TPSA) is 29.5 Å². The van der Waals surface area contributed by atoms with Crippen molar-refractivity contribution in [3.63, 3.8) is 0 Å². The molecule has 1 aromatic rings. The van der Waals surface area contributed by atoms with Crippen LogP contribution in [-0.2, 0) is 9.53 Å². The fourth-order valence-electron chi connectivity index (χ4n) is 2.32. The molecule has 0 aliphatic carbocycles. The molecule has 0 heterocycles. The molecule has 0 aliphatic heterocycles. The van der Waals surface area contributed by atoms with Crippen LogP contribution in [0.1, 0.15) is 30.5 Å². The Hall–Kier alpha value is -1.35. The highest BCUT2D eigenvalue weighted by atomic mass is 16.5. The number of aryl methyl sites for hydroxylation is 1. The number of esters is 1. The summed E-state index contributed by atoms with van der Waals surface area (Å²) in [5.41, 5.74) is 2.38. The first kappa shape index (κ1) is 14.7. The lowest BCUT2D eigenvalue weighted by Gasteiger charge is -2.30. The van der Waals surface area contributed by atoms with Gasteiger partial charge in [0.05, 0.1) is 13.0 Å². The monoisotopic (exact) mass is 249 g/mol. The predicted octanol–water partition coefficient (Wildman–Crippen LogP) is 2.80. The lowest BCUT2D eigenvalue weighted by molar-refractivity contribution is -0.148. The quantitative estimate of drug-likeness (QED) is 0.752. The second-order valence-electron chi connectivity index (χ2n) is 4.86. The summed E-state index contributed by atoms with van der Waals surface area (Å²) in [6, 6.07) is 8.39. The zero-order valence-electron chi connectivity index (χ0n) is 11.9. The van der Waals surface area contributed by atoms with Crippen LogP contribution in [0.15, 0.2) is 24.3 Å². The summed E-state index contributed by atoms with van der Waals surface area (Å²) >= 11 is 0. The van der Waals surface area contributed by atoms with Crippen molar-refractivity contribution < 1.29 is 9.53 Å². The second-order valence-corrected chi connectivity index (χ2v) is 4.86. The van der Waals surface area contributed by atoms with E-state index in [1.807, 2.05) is 21.0 Å². The largest absolute Gasteiger partial charge is 0.469 e. The first-order valence-corrected chi connectivity index (χ1v) is 6.32. The number of rotatable bonds is 5. The zero-order chi connectivity index (χ0) is 13.7. The van der Waals surface area contributed by atoms with Crippen molar-refractivity contribution in [2.24, 2.45) is 5.92 Å². The molecule has 0 aromatic heterocycles. The van der Waals surface area contributed by atoms with E-state index < -0.39 is 0 Å². The van der Waals surface area contributed by atoms with E-state index in [9.17, 15) is 4.79 Å². The van der Waals surface area contributed by atoms with E-state index in [1.165, 1.54) is 12.7 Å². The standard InChI is InChI=1S/C15H23NO2/c1-6-13(15(17)18-5)14(16(3)4)12-9-7-11(2)8-10-12/h7-10,13-14H,6H2,1-5H3. The molecule has 0 N–H and O–H groups in total. The van der Waals surface area contributed by atoms with Gasteiger partial charge in [-0.25, -0.2) is 0 Å².